The van der Waals surface area contributed by atoms with E-state index in [1.165, 1.54) is 17.4 Å². The van der Waals surface area contributed by atoms with E-state index in [-0.39, 0.29) is 5.78 Å². The molecule has 0 aliphatic rings. The number of carbonyl (C=O) groups excluding carboxylic acids is 1. The third-order valence-electron chi connectivity index (χ3n) is 2.82. The molecule has 0 atom stereocenters. The standard InChI is InChI=1S/C15H17NO2/c1-11-7-12(2)9-13(8-11)16(3)10-14(17)15-5-4-6-18-15/h4-9H,10H2,1-3H3. The minimum Gasteiger partial charge on any atom is -0.461 e. The summed E-state index contributed by atoms with van der Waals surface area (Å²) in [5.41, 5.74) is 3.44. The molecule has 0 unspecified atom stereocenters. The van der Waals surface area contributed by atoms with Crippen molar-refractivity contribution in [2.45, 2.75) is 13.8 Å². The van der Waals surface area contributed by atoms with Crippen LogP contribution in [0.2, 0.25) is 0 Å². The van der Waals surface area contributed by atoms with Gasteiger partial charge in [-0.3, -0.25) is 4.79 Å². The zero-order valence-corrected chi connectivity index (χ0v) is 10.9. The van der Waals surface area contributed by atoms with Crippen LogP contribution in [0.25, 0.3) is 0 Å². The fourth-order valence-corrected chi connectivity index (χ4v) is 1.99. The van der Waals surface area contributed by atoms with Gasteiger partial charge >= 0.3 is 0 Å². The number of hydrogen-bond acceptors (Lipinski definition) is 3. The number of hydrogen-bond donors (Lipinski definition) is 0. The van der Waals surface area contributed by atoms with E-state index >= 15 is 0 Å². The predicted molar refractivity (Wildman–Crippen MR) is 72.2 cm³/mol. The molecule has 0 amide bonds. The van der Waals surface area contributed by atoms with Crippen LogP contribution in [-0.2, 0) is 0 Å². The van der Waals surface area contributed by atoms with Crippen LogP contribution in [0.3, 0.4) is 0 Å². The highest BCUT2D eigenvalue weighted by Gasteiger charge is 2.12. The van der Waals surface area contributed by atoms with E-state index in [4.69, 9.17) is 4.42 Å². The summed E-state index contributed by atoms with van der Waals surface area (Å²) in [5.74, 6) is 0.396. The molecule has 0 aliphatic heterocycles. The van der Waals surface area contributed by atoms with Crippen LogP contribution in [0.4, 0.5) is 5.69 Å². The van der Waals surface area contributed by atoms with E-state index in [0.29, 0.717) is 12.3 Å². The Kier molecular flexibility index (Phi) is 3.51. The second kappa shape index (κ2) is 5.08. The number of nitrogens with zero attached hydrogens (tertiary/aromatic N) is 1. The van der Waals surface area contributed by atoms with Crippen LogP contribution in [-0.4, -0.2) is 19.4 Å². The van der Waals surface area contributed by atoms with Gasteiger partial charge in [0.15, 0.2) is 5.76 Å². The molecule has 3 nitrogen and oxygen atoms in total. The lowest BCUT2D eigenvalue weighted by molar-refractivity contribution is 0.0974. The molecule has 94 valence electrons. The summed E-state index contributed by atoms with van der Waals surface area (Å²) in [6.07, 6.45) is 1.52. The first kappa shape index (κ1) is 12.4. The SMILES string of the molecule is Cc1cc(C)cc(N(C)CC(=O)c2ccco2)c1. The van der Waals surface area contributed by atoms with Crippen LogP contribution < -0.4 is 4.90 Å². The lowest BCUT2D eigenvalue weighted by Crippen LogP contribution is -2.25. The Balaban J connectivity index is 2.12. The normalized spacial score (nSPS) is 10.4. The number of aryl methyl sites for hydroxylation is 2. The lowest BCUT2D eigenvalue weighted by Gasteiger charge is -2.19. The first-order valence-electron chi connectivity index (χ1n) is 5.92. The molecule has 1 aromatic carbocycles. The number of rotatable bonds is 4. The van der Waals surface area contributed by atoms with Gasteiger partial charge in [-0.25, -0.2) is 0 Å². The molecule has 18 heavy (non-hydrogen) atoms. The Bertz CT molecular complexity index is 523. The molecule has 0 saturated heterocycles. The highest BCUT2D eigenvalue weighted by Crippen LogP contribution is 2.18. The molecule has 1 aromatic heterocycles. The smallest absolute Gasteiger partial charge is 0.217 e. The maximum Gasteiger partial charge on any atom is 0.217 e. The van der Waals surface area contributed by atoms with Gasteiger partial charge < -0.3 is 9.32 Å². The van der Waals surface area contributed by atoms with Gasteiger partial charge in [-0.2, -0.15) is 0 Å². The van der Waals surface area contributed by atoms with E-state index in [0.717, 1.165) is 5.69 Å². The summed E-state index contributed by atoms with van der Waals surface area (Å²) < 4.78 is 5.10. The van der Waals surface area contributed by atoms with Crippen molar-refractivity contribution in [3.8, 4) is 0 Å². The molecule has 0 radical (unpaired) electrons. The number of carbonyl (C=O) groups is 1. The molecule has 2 rings (SSSR count). The Labute approximate surface area is 107 Å². The Morgan fingerprint density at radius 2 is 1.89 bits per heavy atom. The van der Waals surface area contributed by atoms with Crippen molar-refractivity contribution in [1.82, 2.24) is 0 Å². The third kappa shape index (κ3) is 2.80. The minimum absolute atomic E-state index is 0.0124. The van der Waals surface area contributed by atoms with E-state index < -0.39 is 0 Å². The Morgan fingerprint density at radius 3 is 2.44 bits per heavy atom. The quantitative estimate of drug-likeness (QED) is 0.773. The third-order valence-corrected chi connectivity index (χ3v) is 2.82. The summed E-state index contributed by atoms with van der Waals surface area (Å²) in [7, 11) is 1.91. The van der Waals surface area contributed by atoms with E-state index in [2.05, 4.69) is 32.0 Å². The molecule has 1 heterocycles. The lowest BCUT2D eigenvalue weighted by atomic mass is 10.1. The van der Waals surface area contributed by atoms with Gasteiger partial charge in [-0.05, 0) is 49.2 Å². The summed E-state index contributed by atoms with van der Waals surface area (Å²) in [6.45, 7) is 4.42. The molecular weight excluding hydrogens is 226 g/mol. The molecule has 0 saturated carbocycles. The van der Waals surface area contributed by atoms with Gasteiger partial charge in [-0.15, -0.1) is 0 Å². The highest BCUT2D eigenvalue weighted by molar-refractivity contribution is 5.96. The minimum atomic E-state index is -0.0124. The molecule has 0 bridgehead atoms. The van der Waals surface area contributed by atoms with E-state index in [1.807, 2.05) is 11.9 Å². The Morgan fingerprint density at radius 1 is 1.22 bits per heavy atom. The maximum absolute atomic E-state index is 11.9. The van der Waals surface area contributed by atoms with Crippen LogP contribution >= 0.6 is 0 Å². The summed E-state index contributed by atoms with van der Waals surface area (Å²) in [6, 6.07) is 9.68. The average molecular weight is 243 g/mol. The van der Waals surface area contributed by atoms with Crippen molar-refractivity contribution in [2.75, 3.05) is 18.5 Å². The topological polar surface area (TPSA) is 33.5 Å². The first-order chi connectivity index (χ1) is 8.56. The van der Waals surface area contributed by atoms with Gasteiger partial charge in [0, 0.05) is 12.7 Å². The van der Waals surface area contributed by atoms with Crippen molar-refractivity contribution in [3.05, 3.63) is 53.5 Å². The van der Waals surface area contributed by atoms with Gasteiger partial charge in [0.05, 0.1) is 12.8 Å². The number of furan rings is 1. The molecule has 3 heteroatoms. The maximum atomic E-state index is 11.9. The van der Waals surface area contributed by atoms with E-state index in [9.17, 15) is 4.79 Å². The molecule has 0 fully saturated rings. The number of ketones is 1. The largest absolute Gasteiger partial charge is 0.461 e. The molecule has 0 N–H and O–H groups in total. The Hall–Kier alpha value is -2.03. The number of anilines is 1. The van der Waals surface area contributed by atoms with Crippen molar-refractivity contribution in [2.24, 2.45) is 0 Å². The van der Waals surface area contributed by atoms with Crippen molar-refractivity contribution in [3.63, 3.8) is 0 Å². The first-order valence-corrected chi connectivity index (χ1v) is 5.92. The highest BCUT2D eigenvalue weighted by atomic mass is 16.3. The number of benzene rings is 1. The monoisotopic (exact) mass is 243 g/mol. The fraction of sp³-hybridized carbons (Fsp3) is 0.267. The molecule has 2 aromatic rings. The van der Waals surface area contributed by atoms with Crippen LogP contribution in [0.15, 0.2) is 41.0 Å². The molecular formula is C15H17NO2. The molecule has 0 spiro atoms. The summed E-state index contributed by atoms with van der Waals surface area (Å²) in [5, 5.41) is 0. The predicted octanol–water partition coefficient (Wildman–Crippen LogP) is 3.22. The summed E-state index contributed by atoms with van der Waals surface area (Å²) >= 11 is 0. The molecule has 0 aliphatic carbocycles. The van der Waals surface area contributed by atoms with E-state index in [1.54, 1.807) is 12.1 Å². The zero-order valence-electron chi connectivity index (χ0n) is 10.9. The van der Waals surface area contributed by atoms with Crippen LogP contribution in [0.5, 0.6) is 0 Å². The van der Waals surface area contributed by atoms with Gasteiger partial charge in [0.1, 0.15) is 0 Å². The van der Waals surface area contributed by atoms with Crippen molar-refractivity contribution < 1.29 is 9.21 Å². The van der Waals surface area contributed by atoms with Gasteiger partial charge in [0.25, 0.3) is 0 Å². The summed E-state index contributed by atoms with van der Waals surface area (Å²) in [4.78, 5) is 13.9. The van der Waals surface area contributed by atoms with Gasteiger partial charge in [-0.1, -0.05) is 6.07 Å². The van der Waals surface area contributed by atoms with Gasteiger partial charge in [0.2, 0.25) is 5.78 Å². The van der Waals surface area contributed by atoms with Crippen molar-refractivity contribution in [1.29, 1.82) is 0 Å². The second-order valence-corrected chi connectivity index (χ2v) is 4.60. The number of likely N-dealkylation sites (N-methyl/N-ethyl adjacent to an activating group) is 1. The van der Waals surface area contributed by atoms with Crippen LogP contribution in [0.1, 0.15) is 21.7 Å². The van der Waals surface area contributed by atoms with Crippen LogP contribution in [0, 0.1) is 13.8 Å². The zero-order chi connectivity index (χ0) is 13.1. The number of Topliss-reactive ketones (excluding diaryl/α,β-unsaturated/α-hetero) is 1. The average Bonchev–Trinajstić information content (AvgIpc) is 2.80. The fourth-order valence-electron chi connectivity index (χ4n) is 1.99. The van der Waals surface area contributed by atoms with Crippen molar-refractivity contribution >= 4 is 11.5 Å². The second-order valence-electron chi connectivity index (χ2n) is 4.60.